The van der Waals surface area contributed by atoms with E-state index >= 15 is 0 Å². The molecule has 0 radical (unpaired) electrons. The highest BCUT2D eigenvalue weighted by Crippen LogP contribution is 2.54. The molecular weight excluding hydrogens is 462 g/mol. The SMILES string of the molecule is O=C(O)C(F)(F)F.Oc1cc2c(cc1I)C[C@@H]1NCC[C@]23CCCC[C@H]13. The molecule has 3 aliphatic rings. The van der Waals surface area contributed by atoms with E-state index in [4.69, 9.17) is 9.90 Å². The molecule has 1 aliphatic heterocycles. The Morgan fingerprint density at radius 1 is 1.27 bits per heavy atom. The number of carboxylic acids is 1. The van der Waals surface area contributed by atoms with E-state index in [9.17, 15) is 18.3 Å². The summed E-state index contributed by atoms with van der Waals surface area (Å²) in [6, 6.07) is 4.98. The number of phenolic OH excluding ortho intramolecular Hbond substituents is 1. The van der Waals surface area contributed by atoms with Crippen molar-refractivity contribution in [3.8, 4) is 5.75 Å². The van der Waals surface area contributed by atoms with Gasteiger partial charge in [-0.25, -0.2) is 4.79 Å². The normalized spacial score (nSPS) is 29.7. The standard InChI is InChI=1S/C16H20INO.C2HF3O2/c17-13-7-10-8-14-11-3-1-2-4-16(11,5-6-18-14)12(10)9-15(13)19;3-2(4,5)1(6)7/h7,9,11,14,18-19H,1-6,8H2;(H,6,7)/t11-,14+,16+;/m1./s1. The zero-order chi connectivity index (χ0) is 19.1. The van der Waals surface area contributed by atoms with E-state index in [1.807, 2.05) is 0 Å². The molecule has 1 heterocycles. The number of carboxylic acid groups (broad SMARTS) is 1. The molecule has 2 fully saturated rings. The van der Waals surface area contributed by atoms with E-state index in [1.54, 1.807) is 0 Å². The summed E-state index contributed by atoms with van der Waals surface area (Å²) in [5.41, 5.74) is 3.33. The maximum absolute atomic E-state index is 10.6. The van der Waals surface area contributed by atoms with Crippen LogP contribution in [0.1, 0.15) is 43.2 Å². The molecule has 4 nitrogen and oxygen atoms in total. The molecule has 8 heteroatoms. The van der Waals surface area contributed by atoms with Gasteiger partial charge in [-0.05, 0) is 84.0 Å². The van der Waals surface area contributed by atoms with Crippen LogP contribution in [-0.2, 0) is 16.6 Å². The Morgan fingerprint density at radius 2 is 1.96 bits per heavy atom. The first kappa shape index (κ1) is 19.7. The number of hydrogen-bond donors (Lipinski definition) is 3. The van der Waals surface area contributed by atoms with Gasteiger partial charge in [0.15, 0.2) is 0 Å². The third-order valence-corrected chi connectivity index (χ3v) is 6.82. The second kappa shape index (κ2) is 7.18. The molecular formula is C18H21F3INO3. The fourth-order valence-corrected chi connectivity index (χ4v) is 5.47. The summed E-state index contributed by atoms with van der Waals surface area (Å²) < 4.78 is 32.7. The van der Waals surface area contributed by atoms with Crippen LogP contribution in [0.15, 0.2) is 12.1 Å². The van der Waals surface area contributed by atoms with Crippen molar-refractivity contribution in [3.63, 3.8) is 0 Å². The van der Waals surface area contributed by atoms with E-state index in [2.05, 4.69) is 40.0 Å². The van der Waals surface area contributed by atoms with Crippen molar-refractivity contribution in [2.75, 3.05) is 6.54 Å². The second-order valence-electron chi connectivity index (χ2n) is 7.29. The summed E-state index contributed by atoms with van der Waals surface area (Å²) in [5.74, 6) is -1.48. The zero-order valence-corrected chi connectivity index (χ0v) is 16.2. The molecule has 2 aliphatic carbocycles. The monoisotopic (exact) mass is 483 g/mol. The average Bonchev–Trinajstić information content (AvgIpc) is 2.57. The molecule has 0 unspecified atom stereocenters. The first-order valence-corrected chi connectivity index (χ1v) is 9.78. The van der Waals surface area contributed by atoms with Gasteiger partial charge in [0, 0.05) is 11.5 Å². The third kappa shape index (κ3) is 3.54. The Bertz CT molecular complexity index is 706. The summed E-state index contributed by atoms with van der Waals surface area (Å²) in [4.78, 5) is 8.90. The van der Waals surface area contributed by atoms with Crippen LogP contribution in [-0.4, -0.2) is 34.9 Å². The van der Waals surface area contributed by atoms with Gasteiger partial charge in [0.25, 0.3) is 0 Å². The van der Waals surface area contributed by atoms with Crippen LogP contribution in [0, 0.1) is 9.49 Å². The van der Waals surface area contributed by atoms with Crippen LogP contribution in [0.2, 0.25) is 0 Å². The van der Waals surface area contributed by atoms with Crippen molar-refractivity contribution in [1.29, 1.82) is 0 Å². The van der Waals surface area contributed by atoms with Gasteiger partial charge in [-0.2, -0.15) is 13.2 Å². The largest absolute Gasteiger partial charge is 0.507 e. The van der Waals surface area contributed by atoms with E-state index in [1.165, 1.54) is 43.2 Å². The average molecular weight is 483 g/mol. The van der Waals surface area contributed by atoms with E-state index < -0.39 is 12.1 Å². The molecule has 0 spiro atoms. The fourth-order valence-electron chi connectivity index (χ4n) is 4.94. The van der Waals surface area contributed by atoms with Crippen LogP contribution in [0.4, 0.5) is 13.2 Å². The smallest absolute Gasteiger partial charge is 0.490 e. The highest BCUT2D eigenvalue weighted by atomic mass is 127. The number of benzene rings is 1. The van der Waals surface area contributed by atoms with Gasteiger partial charge in [-0.3, -0.25) is 0 Å². The lowest BCUT2D eigenvalue weighted by atomic mass is 9.53. The number of aliphatic carboxylic acids is 1. The van der Waals surface area contributed by atoms with E-state index in [-0.39, 0.29) is 0 Å². The molecule has 4 rings (SSSR count). The van der Waals surface area contributed by atoms with Gasteiger partial charge >= 0.3 is 12.1 Å². The van der Waals surface area contributed by atoms with Crippen LogP contribution >= 0.6 is 22.6 Å². The Hall–Kier alpha value is -1.03. The molecule has 1 aromatic rings. The van der Waals surface area contributed by atoms with Crippen molar-refractivity contribution in [3.05, 3.63) is 26.8 Å². The summed E-state index contributed by atoms with van der Waals surface area (Å²) in [6.07, 6.45) is 2.75. The molecule has 0 amide bonds. The number of piperidine rings is 1. The number of phenols is 1. The fraction of sp³-hybridized carbons (Fsp3) is 0.611. The lowest BCUT2D eigenvalue weighted by molar-refractivity contribution is -0.192. The number of halogens is 4. The first-order valence-electron chi connectivity index (χ1n) is 8.70. The van der Waals surface area contributed by atoms with Crippen molar-refractivity contribution in [2.24, 2.45) is 5.92 Å². The van der Waals surface area contributed by atoms with E-state index in [0.717, 1.165) is 22.5 Å². The van der Waals surface area contributed by atoms with Gasteiger partial charge in [0.2, 0.25) is 0 Å². The van der Waals surface area contributed by atoms with Gasteiger partial charge in [-0.1, -0.05) is 12.8 Å². The minimum absolute atomic E-state index is 0.365. The summed E-state index contributed by atoms with van der Waals surface area (Å²) in [6.45, 7) is 1.15. The minimum Gasteiger partial charge on any atom is -0.507 e. The highest BCUT2D eigenvalue weighted by molar-refractivity contribution is 14.1. The highest BCUT2D eigenvalue weighted by Gasteiger charge is 2.51. The molecule has 0 aromatic heterocycles. The van der Waals surface area contributed by atoms with Crippen LogP contribution in [0.5, 0.6) is 5.75 Å². The molecule has 26 heavy (non-hydrogen) atoms. The second-order valence-corrected chi connectivity index (χ2v) is 8.45. The van der Waals surface area contributed by atoms with Crippen molar-refractivity contribution < 1.29 is 28.2 Å². The molecule has 3 atom stereocenters. The molecule has 3 N–H and O–H groups in total. The lowest BCUT2D eigenvalue weighted by Crippen LogP contribution is -2.59. The maximum Gasteiger partial charge on any atom is 0.490 e. The van der Waals surface area contributed by atoms with E-state index in [0.29, 0.717) is 17.2 Å². The number of carbonyl (C=O) groups is 1. The van der Waals surface area contributed by atoms with Gasteiger partial charge < -0.3 is 15.5 Å². The number of alkyl halides is 3. The number of nitrogens with one attached hydrogen (secondary N) is 1. The summed E-state index contributed by atoms with van der Waals surface area (Å²) in [7, 11) is 0. The lowest BCUT2D eigenvalue weighted by Gasteiger charge is -2.56. The van der Waals surface area contributed by atoms with Crippen LogP contribution in [0.3, 0.4) is 0 Å². The number of rotatable bonds is 0. The Morgan fingerprint density at radius 3 is 2.62 bits per heavy atom. The van der Waals surface area contributed by atoms with Crippen LogP contribution in [0.25, 0.3) is 0 Å². The maximum atomic E-state index is 10.6. The first-order chi connectivity index (χ1) is 12.1. The van der Waals surface area contributed by atoms with Gasteiger partial charge in [0.05, 0.1) is 3.57 Å². The summed E-state index contributed by atoms with van der Waals surface area (Å²) >= 11 is 2.25. The molecule has 1 aromatic carbocycles. The summed E-state index contributed by atoms with van der Waals surface area (Å²) in [5, 5.41) is 21.0. The molecule has 1 saturated heterocycles. The molecule has 2 bridgehead atoms. The molecule has 144 valence electrons. The van der Waals surface area contributed by atoms with Crippen molar-refractivity contribution >= 4 is 28.6 Å². The zero-order valence-electron chi connectivity index (χ0n) is 14.1. The topological polar surface area (TPSA) is 69.6 Å². The Kier molecular flexibility index (Phi) is 5.45. The predicted molar refractivity (Wildman–Crippen MR) is 98.3 cm³/mol. The number of aromatic hydroxyl groups is 1. The quantitative estimate of drug-likeness (QED) is 0.489. The predicted octanol–water partition coefficient (Wildman–Crippen LogP) is 3.98. The Balaban J connectivity index is 0.000000242. The minimum atomic E-state index is -5.08. The van der Waals surface area contributed by atoms with Gasteiger partial charge in [0.1, 0.15) is 5.75 Å². The third-order valence-electron chi connectivity index (χ3n) is 5.95. The van der Waals surface area contributed by atoms with Crippen LogP contribution < -0.4 is 5.32 Å². The molecule has 1 saturated carbocycles. The number of hydrogen-bond acceptors (Lipinski definition) is 3. The van der Waals surface area contributed by atoms with Gasteiger partial charge in [-0.15, -0.1) is 0 Å². The van der Waals surface area contributed by atoms with Crippen molar-refractivity contribution in [2.45, 2.75) is 56.2 Å². The van der Waals surface area contributed by atoms with Crippen molar-refractivity contribution in [1.82, 2.24) is 5.32 Å². The number of fused-ring (bicyclic) bond motifs is 1. The Labute approximate surface area is 163 Å².